The van der Waals surface area contributed by atoms with Crippen LogP contribution in [0.15, 0.2) is 36.1 Å². The maximum Gasteiger partial charge on any atom is 0.194 e. The fraction of sp³-hybridized carbons (Fsp3) is 0.231. The van der Waals surface area contributed by atoms with Crippen LogP contribution in [0.25, 0.3) is 4.96 Å². The van der Waals surface area contributed by atoms with Crippen LogP contribution in [0.5, 0.6) is 0 Å². The Morgan fingerprint density at radius 2 is 2.11 bits per heavy atom. The molecule has 5 heteroatoms. The van der Waals surface area contributed by atoms with Gasteiger partial charge in [-0.25, -0.2) is 4.98 Å². The molecule has 4 nitrogen and oxygen atoms in total. The number of nitrogens with one attached hydrogen (secondary N) is 1. The molecule has 0 atom stereocenters. The second-order valence-electron chi connectivity index (χ2n) is 4.16. The minimum Gasteiger partial charge on any atom is -0.307 e. The van der Waals surface area contributed by atoms with E-state index in [9.17, 15) is 0 Å². The molecule has 0 spiro atoms. The predicted octanol–water partition coefficient (Wildman–Crippen LogP) is 2.39. The third kappa shape index (κ3) is 2.14. The normalized spacial score (nSPS) is 11.2. The molecule has 92 valence electrons. The Bertz CT molecular complexity index is 641. The average molecular weight is 258 g/mol. The van der Waals surface area contributed by atoms with Gasteiger partial charge < -0.3 is 5.32 Å². The lowest BCUT2D eigenvalue weighted by Gasteiger charge is -2.05. The molecule has 0 amide bonds. The molecule has 0 unspecified atom stereocenters. The Labute approximate surface area is 109 Å². The van der Waals surface area contributed by atoms with Crippen LogP contribution in [-0.2, 0) is 13.1 Å². The molecule has 3 aromatic rings. The lowest BCUT2D eigenvalue weighted by molar-refractivity contribution is 0.672. The fourth-order valence-electron chi connectivity index (χ4n) is 1.98. The molecule has 3 heterocycles. The number of thiazole rings is 1. The summed E-state index contributed by atoms with van der Waals surface area (Å²) in [7, 11) is 0. The number of hydrogen-bond acceptors (Lipinski definition) is 4. The Morgan fingerprint density at radius 3 is 2.94 bits per heavy atom. The highest BCUT2D eigenvalue weighted by Crippen LogP contribution is 2.16. The van der Waals surface area contributed by atoms with E-state index >= 15 is 0 Å². The van der Waals surface area contributed by atoms with E-state index < -0.39 is 0 Å². The van der Waals surface area contributed by atoms with Gasteiger partial charge in [0.15, 0.2) is 4.96 Å². The summed E-state index contributed by atoms with van der Waals surface area (Å²) < 4.78 is 2.15. The molecule has 0 bridgehead atoms. The summed E-state index contributed by atoms with van der Waals surface area (Å²) in [5.41, 5.74) is 3.58. The number of pyridine rings is 1. The van der Waals surface area contributed by atoms with Crippen LogP contribution in [-0.4, -0.2) is 14.4 Å². The number of aromatic nitrogens is 3. The molecular formula is C13H14N4S. The molecule has 0 aliphatic heterocycles. The monoisotopic (exact) mass is 258 g/mol. The van der Waals surface area contributed by atoms with Gasteiger partial charge in [-0.05, 0) is 24.6 Å². The van der Waals surface area contributed by atoms with Crippen molar-refractivity contribution in [2.24, 2.45) is 0 Å². The van der Waals surface area contributed by atoms with Crippen molar-refractivity contribution in [3.8, 4) is 0 Å². The van der Waals surface area contributed by atoms with Gasteiger partial charge in [0.05, 0.1) is 11.4 Å². The standard InChI is InChI=1S/C13H14N4S/c1-10-12(17-6-7-18-13(17)16-10)9-15-8-11-2-4-14-5-3-11/h2-7,15H,8-9H2,1H3. The molecule has 3 rings (SSSR count). The first-order valence-corrected chi connectivity index (χ1v) is 6.73. The predicted molar refractivity (Wildman–Crippen MR) is 72.6 cm³/mol. The van der Waals surface area contributed by atoms with Gasteiger partial charge in [0.25, 0.3) is 0 Å². The van der Waals surface area contributed by atoms with Crippen molar-refractivity contribution in [2.45, 2.75) is 20.0 Å². The van der Waals surface area contributed by atoms with E-state index in [1.807, 2.05) is 24.5 Å². The topological polar surface area (TPSA) is 42.2 Å². The second-order valence-corrected chi connectivity index (χ2v) is 5.03. The van der Waals surface area contributed by atoms with Crippen molar-refractivity contribution in [3.63, 3.8) is 0 Å². The molecule has 3 aromatic heterocycles. The molecule has 0 fully saturated rings. The minimum absolute atomic E-state index is 0.825. The maximum atomic E-state index is 4.53. The molecule has 0 saturated carbocycles. The van der Waals surface area contributed by atoms with Crippen molar-refractivity contribution in [3.05, 3.63) is 53.1 Å². The first-order chi connectivity index (χ1) is 8.84. The Balaban J connectivity index is 1.70. The van der Waals surface area contributed by atoms with Crippen LogP contribution in [0.2, 0.25) is 0 Å². The van der Waals surface area contributed by atoms with Crippen LogP contribution < -0.4 is 5.32 Å². The first kappa shape index (κ1) is 11.4. The van der Waals surface area contributed by atoms with Crippen molar-refractivity contribution in [1.82, 2.24) is 19.7 Å². The largest absolute Gasteiger partial charge is 0.307 e. The zero-order valence-corrected chi connectivity index (χ0v) is 10.9. The highest BCUT2D eigenvalue weighted by Gasteiger charge is 2.08. The number of imidazole rings is 1. The van der Waals surface area contributed by atoms with Gasteiger partial charge in [0.1, 0.15) is 0 Å². The van der Waals surface area contributed by atoms with Crippen molar-refractivity contribution in [1.29, 1.82) is 0 Å². The molecule has 0 aliphatic rings. The summed E-state index contributed by atoms with van der Waals surface area (Å²) in [4.78, 5) is 9.60. The van der Waals surface area contributed by atoms with Gasteiger partial charge in [-0.1, -0.05) is 0 Å². The summed E-state index contributed by atoms with van der Waals surface area (Å²) in [5.74, 6) is 0. The van der Waals surface area contributed by atoms with Gasteiger partial charge in [-0.2, -0.15) is 0 Å². The lowest BCUT2D eigenvalue weighted by Crippen LogP contribution is -2.14. The maximum absolute atomic E-state index is 4.53. The van der Waals surface area contributed by atoms with Gasteiger partial charge in [-0.15, -0.1) is 11.3 Å². The van der Waals surface area contributed by atoms with Crippen LogP contribution in [0.1, 0.15) is 17.0 Å². The van der Waals surface area contributed by atoms with E-state index in [1.165, 1.54) is 11.3 Å². The zero-order valence-electron chi connectivity index (χ0n) is 10.1. The Kier molecular flexibility index (Phi) is 3.08. The number of fused-ring (bicyclic) bond motifs is 1. The van der Waals surface area contributed by atoms with Crippen molar-refractivity contribution >= 4 is 16.3 Å². The van der Waals surface area contributed by atoms with Crippen LogP contribution in [0, 0.1) is 6.92 Å². The Hall–Kier alpha value is -1.72. The third-order valence-electron chi connectivity index (χ3n) is 2.93. The van der Waals surface area contributed by atoms with Gasteiger partial charge >= 0.3 is 0 Å². The van der Waals surface area contributed by atoms with Crippen LogP contribution >= 0.6 is 11.3 Å². The van der Waals surface area contributed by atoms with E-state index in [0.29, 0.717) is 0 Å². The smallest absolute Gasteiger partial charge is 0.194 e. The van der Waals surface area contributed by atoms with Gasteiger partial charge in [0.2, 0.25) is 0 Å². The van der Waals surface area contributed by atoms with Crippen LogP contribution in [0.4, 0.5) is 0 Å². The van der Waals surface area contributed by atoms with Gasteiger partial charge in [0, 0.05) is 37.1 Å². The summed E-state index contributed by atoms with van der Waals surface area (Å²) in [6.45, 7) is 3.73. The minimum atomic E-state index is 0.825. The second kappa shape index (κ2) is 4.88. The van der Waals surface area contributed by atoms with E-state index in [0.717, 1.165) is 23.7 Å². The molecule has 18 heavy (non-hydrogen) atoms. The number of hydrogen-bond donors (Lipinski definition) is 1. The number of aryl methyl sites for hydroxylation is 1. The Morgan fingerprint density at radius 1 is 1.28 bits per heavy atom. The van der Waals surface area contributed by atoms with Crippen molar-refractivity contribution in [2.75, 3.05) is 0 Å². The SMILES string of the molecule is Cc1nc2sccn2c1CNCc1ccncc1. The molecular weight excluding hydrogens is 244 g/mol. The first-order valence-electron chi connectivity index (χ1n) is 5.85. The molecule has 0 aliphatic carbocycles. The van der Waals surface area contributed by atoms with Crippen molar-refractivity contribution < 1.29 is 0 Å². The number of rotatable bonds is 4. The highest BCUT2D eigenvalue weighted by atomic mass is 32.1. The summed E-state index contributed by atoms with van der Waals surface area (Å²) in [6.07, 6.45) is 5.71. The summed E-state index contributed by atoms with van der Waals surface area (Å²) in [6, 6.07) is 4.05. The van der Waals surface area contributed by atoms with Gasteiger partial charge in [-0.3, -0.25) is 9.38 Å². The molecule has 0 radical (unpaired) electrons. The van der Waals surface area contributed by atoms with Crippen LogP contribution in [0.3, 0.4) is 0 Å². The fourth-order valence-corrected chi connectivity index (χ4v) is 2.76. The van der Waals surface area contributed by atoms with E-state index in [4.69, 9.17) is 0 Å². The molecule has 1 N–H and O–H groups in total. The third-order valence-corrected chi connectivity index (χ3v) is 3.69. The average Bonchev–Trinajstić information content (AvgIpc) is 2.93. The zero-order chi connectivity index (χ0) is 12.4. The summed E-state index contributed by atoms with van der Waals surface area (Å²) in [5, 5.41) is 5.51. The number of nitrogens with zero attached hydrogens (tertiary/aromatic N) is 3. The van der Waals surface area contributed by atoms with E-state index in [2.05, 4.69) is 38.2 Å². The molecule has 0 aromatic carbocycles. The highest BCUT2D eigenvalue weighted by molar-refractivity contribution is 7.15. The lowest BCUT2D eigenvalue weighted by atomic mass is 10.2. The quantitative estimate of drug-likeness (QED) is 0.781. The molecule has 0 saturated heterocycles. The van der Waals surface area contributed by atoms with E-state index in [-0.39, 0.29) is 0 Å². The van der Waals surface area contributed by atoms with E-state index in [1.54, 1.807) is 11.3 Å². The summed E-state index contributed by atoms with van der Waals surface area (Å²) >= 11 is 1.67.